The molecule has 4 aromatic rings. The molecule has 0 spiro atoms. The van der Waals surface area contributed by atoms with Crippen LogP contribution in [0.1, 0.15) is 35.0 Å². The molecular formula is C21H21N7O3. The van der Waals surface area contributed by atoms with E-state index in [2.05, 4.69) is 20.6 Å². The molecular weight excluding hydrogens is 398 g/mol. The minimum Gasteiger partial charge on any atom is -0.497 e. The van der Waals surface area contributed by atoms with E-state index >= 15 is 0 Å². The molecule has 0 radical (unpaired) electrons. The third-order valence-corrected chi connectivity index (χ3v) is 5.54. The van der Waals surface area contributed by atoms with Crippen molar-refractivity contribution in [3.05, 3.63) is 53.0 Å². The fraction of sp³-hybridized carbons (Fsp3) is 0.286. The van der Waals surface area contributed by atoms with E-state index in [1.54, 1.807) is 29.5 Å². The van der Waals surface area contributed by atoms with Crippen molar-refractivity contribution in [2.75, 3.05) is 19.5 Å². The van der Waals surface area contributed by atoms with Crippen LogP contribution in [0, 0.1) is 13.8 Å². The van der Waals surface area contributed by atoms with Crippen LogP contribution in [-0.4, -0.2) is 49.7 Å². The van der Waals surface area contributed by atoms with Gasteiger partial charge in [0, 0.05) is 29.5 Å². The number of aromatic nitrogens is 6. The second kappa shape index (κ2) is 7.08. The summed E-state index contributed by atoms with van der Waals surface area (Å²) in [7, 11) is 3.22. The third-order valence-electron chi connectivity index (χ3n) is 5.54. The Labute approximate surface area is 177 Å². The summed E-state index contributed by atoms with van der Waals surface area (Å²) in [5, 5.41) is 20.4. The van der Waals surface area contributed by atoms with Crippen LogP contribution < -0.4 is 14.8 Å². The highest BCUT2D eigenvalue weighted by Crippen LogP contribution is 2.43. The Morgan fingerprint density at radius 3 is 2.68 bits per heavy atom. The highest BCUT2D eigenvalue weighted by molar-refractivity contribution is 5.95. The van der Waals surface area contributed by atoms with Crippen molar-refractivity contribution in [3.8, 4) is 17.3 Å². The van der Waals surface area contributed by atoms with Gasteiger partial charge in [-0.3, -0.25) is 4.79 Å². The first-order valence-corrected chi connectivity index (χ1v) is 9.81. The van der Waals surface area contributed by atoms with Crippen molar-refractivity contribution >= 4 is 17.4 Å². The maximum absolute atomic E-state index is 12.7. The highest BCUT2D eigenvalue weighted by atomic mass is 16.5. The number of fused-ring (bicyclic) bond motifs is 2. The molecule has 1 atom stereocenters. The average Bonchev–Trinajstić information content (AvgIpc) is 3.32. The van der Waals surface area contributed by atoms with Crippen LogP contribution in [0.5, 0.6) is 11.5 Å². The van der Waals surface area contributed by atoms with Crippen molar-refractivity contribution in [1.82, 2.24) is 29.6 Å². The van der Waals surface area contributed by atoms with E-state index in [0.717, 1.165) is 16.8 Å². The summed E-state index contributed by atoms with van der Waals surface area (Å²) >= 11 is 0. The number of hydrogen-bond acceptors (Lipinski definition) is 7. The van der Waals surface area contributed by atoms with Gasteiger partial charge in [-0.1, -0.05) is 6.07 Å². The van der Waals surface area contributed by atoms with Crippen molar-refractivity contribution < 1.29 is 14.3 Å². The predicted octanol–water partition coefficient (Wildman–Crippen LogP) is 2.42. The molecule has 1 amide bonds. The summed E-state index contributed by atoms with van der Waals surface area (Å²) < 4.78 is 14.2. The molecule has 1 aromatic carbocycles. The summed E-state index contributed by atoms with van der Waals surface area (Å²) in [5.74, 6) is 2.88. The molecule has 1 N–H and O–H groups in total. The van der Waals surface area contributed by atoms with Crippen molar-refractivity contribution in [3.63, 3.8) is 0 Å². The van der Waals surface area contributed by atoms with E-state index in [4.69, 9.17) is 14.6 Å². The molecule has 1 aliphatic heterocycles. The van der Waals surface area contributed by atoms with Gasteiger partial charge in [0.2, 0.25) is 5.91 Å². The Balaban J connectivity index is 1.67. The molecule has 0 bridgehead atoms. The van der Waals surface area contributed by atoms with Crippen LogP contribution in [0.3, 0.4) is 0 Å². The Hall–Kier alpha value is -3.95. The molecule has 4 heterocycles. The molecule has 1 aliphatic rings. The number of nitrogens with zero attached hydrogens (tertiary/aromatic N) is 6. The summed E-state index contributed by atoms with van der Waals surface area (Å²) in [6, 6.07) is 9.26. The first kappa shape index (κ1) is 19.0. The number of ether oxygens (including phenoxy) is 2. The van der Waals surface area contributed by atoms with Crippen LogP contribution >= 0.6 is 0 Å². The molecule has 158 valence electrons. The fourth-order valence-electron chi connectivity index (χ4n) is 4.08. The number of methoxy groups -OCH3 is 2. The number of nitrogens with one attached hydrogen (secondary N) is 1. The van der Waals surface area contributed by atoms with Gasteiger partial charge in [0.05, 0.1) is 19.9 Å². The average molecular weight is 419 g/mol. The normalized spacial score (nSPS) is 15.6. The van der Waals surface area contributed by atoms with E-state index in [-0.39, 0.29) is 11.8 Å². The van der Waals surface area contributed by atoms with Gasteiger partial charge in [0.25, 0.3) is 0 Å². The number of hydrogen-bond donors (Lipinski definition) is 1. The van der Waals surface area contributed by atoms with E-state index in [1.807, 2.05) is 38.1 Å². The van der Waals surface area contributed by atoms with Crippen LogP contribution in [0.25, 0.3) is 11.5 Å². The number of anilines is 1. The topological polar surface area (TPSA) is 108 Å². The zero-order valence-corrected chi connectivity index (χ0v) is 17.6. The van der Waals surface area contributed by atoms with E-state index in [1.165, 1.54) is 0 Å². The molecule has 5 rings (SSSR count). The van der Waals surface area contributed by atoms with Gasteiger partial charge in [-0.05, 0) is 32.0 Å². The largest absolute Gasteiger partial charge is 0.497 e. The molecule has 0 aliphatic carbocycles. The minimum absolute atomic E-state index is 0.0990. The lowest BCUT2D eigenvalue weighted by atomic mass is 9.85. The number of carbonyl (C=O) groups excluding carboxylic acids is 1. The summed E-state index contributed by atoms with van der Waals surface area (Å²) in [6.45, 7) is 3.76. The van der Waals surface area contributed by atoms with Crippen molar-refractivity contribution in [1.29, 1.82) is 0 Å². The molecule has 31 heavy (non-hydrogen) atoms. The van der Waals surface area contributed by atoms with Crippen LogP contribution in [0.2, 0.25) is 0 Å². The molecule has 10 nitrogen and oxygen atoms in total. The lowest BCUT2D eigenvalue weighted by Crippen LogP contribution is -2.25. The number of benzene rings is 1. The standard InChI is InChI=1S/C21H21N7O3/c1-11-20-15(14-6-5-13(30-3)9-16(14)31-4)10-19(29)22-21(20)28(25-11)18-8-7-17-24-23-12(2)27(17)26-18/h5-9,15H,10H2,1-4H3,(H,22,29)/t15-/m0/s1. The van der Waals surface area contributed by atoms with Gasteiger partial charge in [0.1, 0.15) is 17.3 Å². The second-order valence-corrected chi connectivity index (χ2v) is 7.38. The van der Waals surface area contributed by atoms with Gasteiger partial charge in [-0.2, -0.15) is 14.3 Å². The van der Waals surface area contributed by atoms with Gasteiger partial charge in [-0.25, -0.2) is 0 Å². The quantitative estimate of drug-likeness (QED) is 0.541. The Bertz CT molecular complexity index is 1320. The summed E-state index contributed by atoms with van der Waals surface area (Å²) in [4.78, 5) is 12.7. The number of aryl methyl sites for hydroxylation is 2. The summed E-state index contributed by atoms with van der Waals surface area (Å²) in [5.41, 5.74) is 3.29. The molecule has 0 saturated carbocycles. The number of amides is 1. The van der Waals surface area contributed by atoms with Crippen LogP contribution in [-0.2, 0) is 4.79 Å². The van der Waals surface area contributed by atoms with E-state index < -0.39 is 0 Å². The first-order valence-electron chi connectivity index (χ1n) is 9.81. The SMILES string of the molecule is COc1ccc([C@@H]2CC(=O)Nc3c2c(C)nn3-c2ccc3nnc(C)n3n2)c(OC)c1. The maximum atomic E-state index is 12.7. The molecule has 0 saturated heterocycles. The Morgan fingerprint density at radius 2 is 1.90 bits per heavy atom. The fourth-order valence-corrected chi connectivity index (χ4v) is 4.08. The Morgan fingerprint density at radius 1 is 1.06 bits per heavy atom. The summed E-state index contributed by atoms with van der Waals surface area (Å²) in [6.07, 6.45) is 0.291. The van der Waals surface area contributed by atoms with Gasteiger partial charge in [-0.15, -0.1) is 15.3 Å². The molecule has 0 unspecified atom stereocenters. The Kier molecular flexibility index (Phi) is 4.35. The van der Waals surface area contributed by atoms with Crippen LogP contribution in [0.4, 0.5) is 5.82 Å². The second-order valence-electron chi connectivity index (χ2n) is 7.38. The number of rotatable bonds is 4. The first-order chi connectivity index (χ1) is 15.0. The zero-order chi connectivity index (χ0) is 21.7. The maximum Gasteiger partial charge on any atom is 0.226 e. The van der Waals surface area contributed by atoms with E-state index in [0.29, 0.717) is 41.0 Å². The lowest BCUT2D eigenvalue weighted by Gasteiger charge is -2.25. The van der Waals surface area contributed by atoms with Crippen LogP contribution in [0.15, 0.2) is 30.3 Å². The van der Waals surface area contributed by atoms with Crippen molar-refractivity contribution in [2.24, 2.45) is 0 Å². The molecule has 10 heteroatoms. The van der Waals surface area contributed by atoms with Gasteiger partial charge < -0.3 is 14.8 Å². The third kappa shape index (κ3) is 2.98. The van der Waals surface area contributed by atoms with Gasteiger partial charge in [0.15, 0.2) is 17.3 Å². The van der Waals surface area contributed by atoms with Gasteiger partial charge >= 0.3 is 0 Å². The molecule has 3 aromatic heterocycles. The van der Waals surface area contributed by atoms with E-state index in [9.17, 15) is 4.79 Å². The predicted molar refractivity (Wildman–Crippen MR) is 112 cm³/mol. The molecule has 0 fully saturated rings. The monoisotopic (exact) mass is 419 g/mol. The zero-order valence-electron chi connectivity index (χ0n) is 17.6. The smallest absolute Gasteiger partial charge is 0.226 e. The minimum atomic E-state index is -0.210. The van der Waals surface area contributed by atoms with Crippen molar-refractivity contribution in [2.45, 2.75) is 26.2 Å². The number of carbonyl (C=O) groups is 1. The lowest BCUT2D eigenvalue weighted by molar-refractivity contribution is -0.116. The highest BCUT2D eigenvalue weighted by Gasteiger charge is 2.34.